The predicted molar refractivity (Wildman–Crippen MR) is 72.3 cm³/mol. The number of aliphatic hydroxyl groups is 1. The highest BCUT2D eigenvalue weighted by atomic mass is 16.6. The lowest BCUT2D eigenvalue weighted by Crippen LogP contribution is -2.59. The molecule has 1 atom stereocenters. The van der Waals surface area contributed by atoms with Gasteiger partial charge in [0.25, 0.3) is 0 Å². The molecule has 0 aromatic carbocycles. The second-order valence-electron chi connectivity index (χ2n) is 5.74. The van der Waals surface area contributed by atoms with Crippen molar-refractivity contribution < 1.29 is 24.2 Å². The lowest BCUT2D eigenvalue weighted by Gasteiger charge is -2.39. The molecule has 116 valence electrons. The molecule has 7 heteroatoms. The van der Waals surface area contributed by atoms with Gasteiger partial charge in [-0.2, -0.15) is 0 Å². The predicted octanol–water partition coefficient (Wildman–Crippen LogP) is 0.0730. The van der Waals surface area contributed by atoms with E-state index in [-0.39, 0.29) is 6.61 Å². The van der Waals surface area contributed by atoms with E-state index in [1.807, 2.05) is 4.90 Å². The summed E-state index contributed by atoms with van der Waals surface area (Å²) in [6, 6.07) is -0.699. The Morgan fingerprint density at radius 1 is 1.30 bits per heavy atom. The minimum atomic E-state index is -0.699. The number of β-amino-alcohol motifs (C(OH)–C–C–N with tert-alkyl or cyclic N) is 1. The molecule has 1 fully saturated rings. The number of esters is 1. The van der Waals surface area contributed by atoms with Gasteiger partial charge in [-0.15, -0.1) is 0 Å². The number of carbonyl (C=O) groups is 2. The summed E-state index contributed by atoms with van der Waals surface area (Å²) >= 11 is 0. The molecule has 1 aliphatic rings. The van der Waals surface area contributed by atoms with Gasteiger partial charge in [0.2, 0.25) is 0 Å². The Morgan fingerprint density at radius 2 is 1.95 bits per heavy atom. The highest BCUT2D eigenvalue weighted by molar-refractivity contribution is 5.82. The van der Waals surface area contributed by atoms with Crippen LogP contribution in [0.15, 0.2) is 0 Å². The van der Waals surface area contributed by atoms with Crippen molar-refractivity contribution in [3.8, 4) is 0 Å². The normalized spacial score (nSPS) is 20.6. The van der Waals surface area contributed by atoms with Crippen LogP contribution in [-0.2, 0) is 14.3 Å². The van der Waals surface area contributed by atoms with Gasteiger partial charge in [-0.25, -0.2) is 9.59 Å². The number of piperazine rings is 1. The second kappa shape index (κ2) is 6.90. The number of aliphatic hydroxyl groups excluding tert-OH is 1. The molecule has 0 aliphatic carbocycles. The summed E-state index contributed by atoms with van der Waals surface area (Å²) in [5.41, 5.74) is -0.611. The minimum Gasteiger partial charge on any atom is -0.467 e. The van der Waals surface area contributed by atoms with Crippen LogP contribution in [0.2, 0.25) is 0 Å². The number of nitrogens with zero attached hydrogens (tertiary/aromatic N) is 2. The monoisotopic (exact) mass is 288 g/mol. The molecular formula is C13H24N2O5. The zero-order valence-electron chi connectivity index (χ0n) is 12.6. The lowest BCUT2D eigenvalue weighted by atomic mass is 10.1. The Bertz CT molecular complexity index is 353. The Hall–Kier alpha value is -1.34. The Kier molecular flexibility index (Phi) is 5.76. The molecule has 1 aliphatic heterocycles. The van der Waals surface area contributed by atoms with Crippen molar-refractivity contribution in [2.75, 3.05) is 39.9 Å². The van der Waals surface area contributed by atoms with E-state index in [9.17, 15) is 9.59 Å². The van der Waals surface area contributed by atoms with Gasteiger partial charge in [0.05, 0.1) is 13.7 Å². The zero-order valence-corrected chi connectivity index (χ0v) is 12.6. The molecular weight excluding hydrogens is 264 g/mol. The third kappa shape index (κ3) is 4.64. The topological polar surface area (TPSA) is 79.3 Å². The molecule has 1 amide bonds. The Labute approximate surface area is 119 Å². The first-order valence-corrected chi connectivity index (χ1v) is 6.69. The smallest absolute Gasteiger partial charge is 0.411 e. The molecule has 1 N–H and O–H groups in total. The molecule has 0 unspecified atom stereocenters. The van der Waals surface area contributed by atoms with Crippen molar-refractivity contribution in [1.82, 2.24) is 9.80 Å². The van der Waals surface area contributed by atoms with Crippen molar-refractivity contribution in [2.45, 2.75) is 32.4 Å². The fourth-order valence-corrected chi connectivity index (χ4v) is 2.06. The summed E-state index contributed by atoms with van der Waals surface area (Å²) in [4.78, 5) is 27.3. The van der Waals surface area contributed by atoms with E-state index in [1.165, 1.54) is 12.0 Å². The number of ether oxygens (including phenoxy) is 2. The third-order valence-corrected chi connectivity index (χ3v) is 2.98. The molecule has 0 radical (unpaired) electrons. The van der Waals surface area contributed by atoms with Crippen LogP contribution in [0.4, 0.5) is 4.79 Å². The van der Waals surface area contributed by atoms with E-state index in [0.717, 1.165) is 0 Å². The standard InChI is InChI=1S/C13H24N2O5/c1-13(2,3)20-12(18)15-6-5-14(7-8-16)9-10(15)11(17)19-4/h10,16H,5-9H2,1-4H3/t10-/m1/s1. The molecule has 0 bridgehead atoms. The molecule has 1 heterocycles. The number of carbonyl (C=O) groups excluding carboxylic acids is 2. The van der Waals surface area contributed by atoms with E-state index in [2.05, 4.69) is 0 Å². The summed E-state index contributed by atoms with van der Waals surface area (Å²) in [7, 11) is 1.29. The highest BCUT2D eigenvalue weighted by Crippen LogP contribution is 2.16. The first kappa shape index (κ1) is 16.7. The number of methoxy groups -OCH3 is 1. The van der Waals surface area contributed by atoms with E-state index >= 15 is 0 Å². The highest BCUT2D eigenvalue weighted by Gasteiger charge is 2.37. The summed E-state index contributed by atoms with van der Waals surface area (Å²) in [5.74, 6) is -0.474. The first-order valence-electron chi connectivity index (χ1n) is 6.69. The average Bonchev–Trinajstić information content (AvgIpc) is 2.36. The van der Waals surface area contributed by atoms with Crippen LogP contribution in [0.25, 0.3) is 0 Å². The van der Waals surface area contributed by atoms with Crippen molar-refractivity contribution >= 4 is 12.1 Å². The maximum atomic E-state index is 12.1. The van der Waals surface area contributed by atoms with E-state index in [4.69, 9.17) is 14.6 Å². The van der Waals surface area contributed by atoms with Crippen LogP contribution in [-0.4, -0.2) is 78.5 Å². The van der Waals surface area contributed by atoms with Crippen molar-refractivity contribution in [3.63, 3.8) is 0 Å². The number of amides is 1. The van der Waals surface area contributed by atoms with Crippen molar-refractivity contribution in [1.29, 1.82) is 0 Å². The Morgan fingerprint density at radius 3 is 2.45 bits per heavy atom. The fourth-order valence-electron chi connectivity index (χ4n) is 2.06. The molecule has 0 aromatic heterocycles. The fraction of sp³-hybridized carbons (Fsp3) is 0.846. The van der Waals surface area contributed by atoms with Crippen LogP contribution < -0.4 is 0 Å². The minimum absolute atomic E-state index is 0.0142. The van der Waals surface area contributed by atoms with Gasteiger partial charge in [0.15, 0.2) is 0 Å². The SMILES string of the molecule is COC(=O)[C@H]1CN(CCO)CCN1C(=O)OC(C)(C)C. The van der Waals surface area contributed by atoms with Crippen LogP contribution in [0.3, 0.4) is 0 Å². The summed E-state index contributed by atoms with van der Waals surface area (Å²) in [6.07, 6.45) is -0.517. The molecule has 0 aromatic rings. The molecule has 0 spiro atoms. The summed E-state index contributed by atoms with van der Waals surface area (Å²) in [6.45, 7) is 7.12. The zero-order chi connectivity index (χ0) is 15.3. The van der Waals surface area contributed by atoms with Gasteiger partial charge >= 0.3 is 12.1 Å². The first-order chi connectivity index (χ1) is 9.28. The molecule has 20 heavy (non-hydrogen) atoms. The van der Waals surface area contributed by atoms with Crippen LogP contribution in [0.5, 0.6) is 0 Å². The molecule has 0 saturated carbocycles. The average molecular weight is 288 g/mol. The van der Waals surface area contributed by atoms with Crippen LogP contribution in [0, 0.1) is 0 Å². The molecule has 7 nitrogen and oxygen atoms in total. The molecule has 1 saturated heterocycles. The largest absolute Gasteiger partial charge is 0.467 e. The number of hydrogen-bond donors (Lipinski definition) is 1. The van der Waals surface area contributed by atoms with Crippen molar-refractivity contribution in [2.24, 2.45) is 0 Å². The maximum absolute atomic E-state index is 12.1. The van der Waals surface area contributed by atoms with E-state index < -0.39 is 23.7 Å². The third-order valence-electron chi connectivity index (χ3n) is 2.98. The van der Waals surface area contributed by atoms with Gasteiger partial charge in [-0.1, -0.05) is 0 Å². The quantitative estimate of drug-likeness (QED) is 0.741. The number of hydrogen-bond acceptors (Lipinski definition) is 6. The van der Waals surface area contributed by atoms with Crippen LogP contribution in [0.1, 0.15) is 20.8 Å². The van der Waals surface area contributed by atoms with Gasteiger partial charge < -0.3 is 14.6 Å². The van der Waals surface area contributed by atoms with E-state index in [1.54, 1.807) is 20.8 Å². The summed E-state index contributed by atoms with van der Waals surface area (Å²) < 4.78 is 10.1. The second-order valence-corrected chi connectivity index (χ2v) is 5.74. The number of rotatable bonds is 3. The summed E-state index contributed by atoms with van der Waals surface area (Å²) in [5, 5.41) is 8.97. The van der Waals surface area contributed by atoms with Gasteiger partial charge in [0, 0.05) is 26.2 Å². The maximum Gasteiger partial charge on any atom is 0.411 e. The van der Waals surface area contributed by atoms with Gasteiger partial charge in [-0.05, 0) is 20.8 Å². The lowest BCUT2D eigenvalue weighted by molar-refractivity contribution is -0.149. The van der Waals surface area contributed by atoms with Crippen molar-refractivity contribution in [3.05, 3.63) is 0 Å². The van der Waals surface area contributed by atoms with Crippen LogP contribution >= 0.6 is 0 Å². The van der Waals surface area contributed by atoms with Gasteiger partial charge in [0.1, 0.15) is 11.6 Å². The Balaban J connectivity index is 2.77. The van der Waals surface area contributed by atoms with E-state index in [0.29, 0.717) is 26.2 Å². The van der Waals surface area contributed by atoms with Gasteiger partial charge in [-0.3, -0.25) is 9.80 Å². The molecule has 1 rings (SSSR count).